The molecule has 3 nitrogen and oxygen atoms in total. The zero-order chi connectivity index (χ0) is 11.4. The first-order valence-corrected chi connectivity index (χ1v) is 5.46. The lowest BCUT2D eigenvalue weighted by Gasteiger charge is -2.35. The van der Waals surface area contributed by atoms with Gasteiger partial charge in [-0.3, -0.25) is 4.98 Å². The fourth-order valence-corrected chi connectivity index (χ4v) is 2.15. The summed E-state index contributed by atoms with van der Waals surface area (Å²) in [6, 6.07) is 3.64. The van der Waals surface area contributed by atoms with Crippen molar-refractivity contribution < 1.29 is 13.9 Å². The Labute approximate surface area is 94.6 Å². The van der Waals surface area contributed by atoms with Crippen molar-refractivity contribution in [3.63, 3.8) is 0 Å². The van der Waals surface area contributed by atoms with E-state index in [0.29, 0.717) is 26.1 Å². The molecule has 88 valence electrons. The number of nitrogens with zero attached hydrogens (tertiary/aromatic N) is 1. The van der Waals surface area contributed by atoms with E-state index < -0.39 is 11.8 Å². The van der Waals surface area contributed by atoms with Gasteiger partial charge in [0, 0.05) is 51.1 Å². The Morgan fingerprint density at radius 3 is 2.81 bits per heavy atom. The largest absolute Gasteiger partial charge is 0.381 e. The maximum absolute atomic E-state index is 14.7. The fourth-order valence-electron chi connectivity index (χ4n) is 2.15. The van der Waals surface area contributed by atoms with Crippen LogP contribution in [0.25, 0.3) is 0 Å². The van der Waals surface area contributed by atoms with Gasteiger partial charge in [-0.2, -0.15) is 0 Å². The number of hydrogen-bond acceptors (Lipinski definition) is 3. The lowest BCUT2D eigenvalue weighted by Crippen LogP contribution is -2.38. The van der Waals surface area contributed by atoms with Crippen LogP contribution in [-0.4, -0.2) is 31.0 Å². The molecule has 0 N–H and O–H groups in total. The molecule has 0 aliphatic carbocycles. The summed E-state index contributed by atoms with van der Waals surface area (Å²) in [4.78, 5) is 4.00. The zero-order valence-electron chi connectivity index (χ0n) is 9.36. The second-order valence-corrected chi connectivity index (χ2v) is 4.05. The number of methoxy groups -OCH3 is 1. The third-order valence-electron chi connectivity index (χ3n) is 3.02. The number of halogens is 1. The molecule has 0 saturated carbocycles. The Morgan fingerprint density at radius 2 is 2.25 bits per heavy atom. The van der Waals surface area contributed by atoms with E-state index in [1.165, 1.54) is 7.11 Å². The van der Waals surface area contributed by atoms with Crippen LogP contribution in [0.15, 0.2) is 24.5 Å². The minimum absolute atomic E-state index is 0.375. The van der Waals surface area contributed by atoms with Gasteiger partial charge in [-0.25, -0.2) is 4.39 Å². The Bertz CT molecular complexity index is 325. The molecular weight excluding hydrogens is 209 g/mol. The van der Waals surface area contributed by atoms with Gasteiger partial charge in [0.05, 0.1) is 0 Å². The van der Waals surface area contributed by atoms with Crippen molar-refractivity contribution >= 4 is 0 Å². The first-order chi connectivity index (χ1) is 7.76. The minimum Gasteiger partial charge on any atom is -0.381 e. The highest BCUT2D eigenvalue weighted by Crippen LogP contribution is 2.39. The van der Waals surface area contributed by atoms with E-state index in [0.717, 1.165) is 5.56 Å². The highest BCUT2D eigenvalue weighted by molar-refractivity contribution is 5.17. The van der Waals surface area contributed by atoms with Gasteiger partial charge < -0.3 is 9.47 Å². The molecule has 2 rings (SSSR count). The van der Waals surface area contributed by atoms with Crippen LogP contribution in [-0.2, 0) is 9.47 Å². The molecule has 4 heteroatoms. The predicted octanol–water partition coefficient (Wildman–Crippen LogP) is 2.29. The molecule has 1 aliphatic heterocycles. The van der Waals surface area contributed by atoms with E-state index in [4.69, 9.17) is 9.47 Å². The highest BCUT2D eigenvalue weighted by Gasteiger charge is 2.42. The Kier molecular flexibility index (Phi) is 3.51. The fraction of sp³-hybridized carbons (Fsp3) is 0.583. The van der Waals surface area contributed by atoms with Crippen LogP contribution >= 0.6 is 0 Å². The van der Waals surface area contributed by atoms with Crippen LogP contribution in [0.4, 0.5) is 4.39 Å². The molecule has 0 bridgehead atoms. The summed E-state index contributed by atoms with van der Waals surface area (Å²) < 4.78 is 25.2. The summed E-state index contributed by atoms with van der Waals surface area (Å²) in [5.41, 5.74) is -0.551. The van der Waals surface area contributed by atoms with E-state index in [1.807, 2.05) is 6.07 Å². The molecule has 1 aromatic heterocycles. The third-order valence-corrected chi connectivity index (χ3v) is 3.02. The average Bonchev–Trinajstić information content (AvgIpc) is 2.32. The van der Waals surface area contributed by atoms with Gasteiger partial charge in [-0.05, 0) is 6.07 Å². The van der Waals surface area contributed by atoms with Crippen LogP contribution in [0, 0.1) is 0 Å². The van der Waals surface area contributed by atoms with E-state index in [9.17, 15) is 4.39 Å². The van der Waals surface area contributed by atoms with Crippen LogP contribution in [0.5, 0.6) is 0 Å². The van der Waals surface area contributed by atoms with E-state index >= 15 is 0 Å². The van der Waals surface area contributed by atoms with Crippen LogP contribution in [0.1, 0.15) is 24.5 Å². The van der Waals surface area contributed by atoms with Gasteiger partial charge >= 0.3 is 0 Å². The van der Waals surface area contributed by atoms with Crippen molar-refractivity contribution in [1.29, 1.82) is 0 Å². The normalized spacial score (nSPS) is 21.6. The quantitative estimate of drug-likeness (QED) is 0.791. The summed E-state index contributed by atoms with van der Waals surface area (Å²) in [5.74, 6) is 0. The lowest BCUT2D eigenvalue weighted by atomic mass is 9.86. The van der Waals surface area contributed by atoms with E-state index in [-0.39, 0.29) is 0 Å². The topological polar surface area (TPSA) is 31.4 Å². The molecule has 16 heavy (non-hydrogen) atoms. The summed E-state index contributed by atoms with van der Waals surface area (Å²) in [6.07, 6.45) is 3.53. The Balaban J connectivity index is 2.21. The van der Waals surface area contributed by atoms with Crippen molar-refractivity contribution in [2.45, 2.75) is 24.6 Å². The molecular formula is C12H16FNO2. The highest BCUT2D eigenvalue weighted by atomic mass is 19.1. The number of alkyl halides is 1. The lowest BCUT2D eigenvalue weighted by molar-refractivity contribution is -0.0984. The van der Waals surface area contributed by atoms with Gasteiger partial charge in [-0.1, -0.05) is 6.07 Å². The second-order valence-electron chi connectivity index (χ2n) is 4.05. The molecule has 1 aliphatic rings. The molecule has 0 amide bonds. The van der Waals surface area contributed by atoms with Crippen molar-refractivity contribution in [3.8, 4) is 0 Å². The van der Waals surface area contributed by atoms with E-state index in [2.05, 4.69) is 4.98 Å². The Morgan fingerprint density at radius 1 is 1.50 bits per heavy atom. The predicted molar refractivity (Wildman–Crippen MR) is 57.9 cm³/mol. The molecule has 2 heterocycles. The monoisotopic (exact) mass is 225 g/mol. The standard InChI is InChI=1S/C12H16FNO2/c1-15-11(10-3-2-6-14-9-10)12(13)4-7-16-8-5-12/h2-3,6,9,11H,4-5,7-8H2,1H3. The van der Waals surface area contributed by atoms with Crippen LogP contribution in [0.3, 0.4) is 0 Å². The summed E-state index contributed by atoms with van der Waals surface area (Å²) in [7, 11) is 1.54. The number of aromatic nitrogens is 1. The molecule has 1 saturated heterocycles. The van der Waals surface area contributed by atoms with Gasteiger partial charge in [0.25, 0.3) is 0 Å². The summed E-state index contributed by atoms with van der Waals surface area (Å²) in [6.45, 7) is 0.910. The first-order valence-electron chi connectivity index (χ1n) is 5.46. The summed E-state index contributed by atoms with van der Waals surface area (Å²) >= 11 is 0. The number of rotatable bonds is 3. The van der Waals surface area contributed by atoms with Gasteiger partial charge in [0.2, 0.25) is 0 Å². The zero-order valence-corrected chi connectivity index (χ0v) is 9.36. The number of pyridine rings is 1. The third kappa shape index (κ3) is 2.23. The first kappa shape index (κ1) is 11.5. The molecule has 0 aromatic carbocycles. The number of ether oxygens (including phenoxy) is 2. The van der Waals surface area contributed by atoms with Crippen LogP contribution < -0.4 is 0 Å². The van der Waals surface area contributed by atoms with Gasteiger partial charge in [-0.15, -0.1) is 0 Å². The SMILES string of the molecule is COC(c1cccnc1)C1(F)CCOCC1. The minimum atomic E-state index is -1.34. The Hall–Kier alpha value is -1.00. The van der Waals surface area contributed by atoms with Crippen molar-refractivity contribution in [3.05, 3.63) is 30.1 Å². The van der Waals surface area contributed by atoms with Crippen LogP contribution in [0.2, 0.25) is 0 Å². The van der Waals surface area contributed by atoms with Crippen molar-refractivity contribution in [2.75, 3.05) is 20.3 Å². The smallest absolute Gasteiger partial charge is 0.145 e. The van der Waals surface area contributed by atoms with Crippen molar-refractivity contribution in [1.82, 2.24) is 4.98 Å². The molecule has 1 aromatic rings. The molecule has 1 fully saturated rings. The number of hydrogen-bond donors (Lipinski definition) is 0. The molecule has 1 unspecified atom stereocenters. The molecule has 1 atom stereocenters. The van der Waals surface area contributed by atoms with Crippen molar-refractivity contribution in [2.24, 2.45) is 0 Å². The second kappa shape index (κ2) is 4.89. The maximum atomic E-state index is 14.7. The van der Waals surface area contributed by atoms with Gasteiger partial charge in [0.1, 0.15) is 11.8 Å². The van der Waals surface area contributed by atoms with Gasteiger partial charge in [0.15, 0.2) is 0 Å². The average molecular weight is 225 g/mol. The molecule has 0 radical (unpaired) electrons. The molecule has 0 spiro atoms. The summed E-state index contributed by atoms with van der Waals surface area (Å²) in [5, 5.41) is 0. The van der Waals surface area contributed by atoms with E-state index in [1.54, 1.807) is 18.5 Å². The maximum Gasteiger partial charge on any atom is 0.145 e.